The molecule has 180 valence electrons. The van der Waals surface area contributed by atoms with Gasteiger partial charge in [-0.2, -0.15) is 0 Å². The first kappa shape index (κ1) is 23.0. The summed E-state index contributed by atoms with van der Waals surface area (Å²) in [5.41, 5.74) is 5.00. The van der Waals surface area contributed by atoms with E-state index in [1.54, 1.807) is 10.3 Å². The average Bonchev–Trinajstić information content (AvgIpc) is 3.43. The van der Waals surface area contributed by atoms with Crippen LogP contribution in [0.3, 0.4) is 0 Å². The summed E-state index contributed by atoms with van der Waals surface area (Å²) in [6.07, 6.45) is 0.166. The highest BCUT2D eigenvalue weighted by Gasteiger charge is 2.32. The van der Waals surface area contributed by atoms with Crippen LogP contribution in [0.2, 0.25) is 0 Å². The van der Waals surface area contributed by atoms with Gasteiger partial charge in [0.15, 0.2) is 0 Å². The predicted molar refractivity (Wildman–Crippen MR) is 130 cm³/mol. The number of likely N-dealkylation sites (tertiary alicyclic amines) is 1. The average molecular weight is 492 g/mol. The molecular formula is C26H25N3O5S. The molecule has 2 amide bonds. The Morgan fingerprint density at radius 2 is 1.71 bits per heavy atom. The van der Waals surface area contributed by atoms with E-state index in [2.05, 4.69) is 34.6 Å². The fourth-order valence-electron chi connectivity index (χ4n) is 4.70. The summed E-state index contributed by atoms with van der Waals surface area (Å²) in [7, 11) is 0. The van der Waals surface area contributed by atoms with Crippen LogP contribution in [0.1, 0.15) is 45.4 Å². The van der Waals surface area contributed by atoms with Crippen molar-refractivity contribution in [1.29, 1.82) is 0 Å². The molecule has 0 atom stereocenters. The Bertz CT molecular complexity index is 1220. The van der Waals surface area contributed by atoms with Crippen molar-refractivity contribution in [3.8, 4) is 11.1 Å². The summed E-state index contributed by atoms with van der Waals surface area (Å²) in [6, 6.07) is 16.3. The maximum Gasteiger partial charge on any atom is 0.407 e. The van der Waals surface area contributed by atoms with Gasteiger partial charge < -0.3 is 20.1 Å². The lowest BCUT2D eigenvalue weighted by Gasteiger charge is -2.38. The number of carboxylic acids is 1. The molecule has 1 aliphatic heterocycles. The molecule has 1 fully saturated rings. The van der Waals surface area contributed by atoms with Gasteiger partial charge in [0, 0.05) is 30.8 Å². The first-order chi connectivity index (χ1) is 17.0. The number of fused-ring (bicyclic) bond motifs is 3. The topological polar surface area (TPSA) is 109 Å². The van der Waals surface area contributed by atoms with E-state index < -0.39 is 12.1 Å². The Labute approximate surface area is 206 Å². The fraction of sp³-hybridized carbons (Fsp3) is 0.308. The molecule has 0 bridgehead atoms. The van der Waals surface area contributed by atoms with E-state index in [4.69, 9.17) is 9.84 Å². The van der Waals surface area contributed by atoms with Gasteiger partial charge in [-0.25, -0.2) is 9.78 Å². The van der Waals surface area contributed by atoms with Crippen molar-refractivity contribution < 1.29 is 24.2 Å². The molecule has 0 saturated carbocycles. The number of hydrogen-bond acceptors (Lipinski definition) is 6. The number of alkyl carbamates (subject to hydrolysis) is 1. The molecule has 1 aromatic heterocycles. The largest absolute Gasteiger partial charge is 0.481 e. The van der Waals surface area contributed by atoms with E-state index in [1.807, 2.05) is 24.3 Å². The van der Waals surface area contributed by atoms with E-state index >= 15 is 0 Å². The van der Waals surface area contributed by atoms with Gasteiger partial charge in [-0.1, -0.05) is 48.5 Å². The number of carbonyl (C=O) groups excluding carboxylic acids is 2. The number of nitrogens with one attached hydrogen (secondary N) is 1. The third kappa shape index (κ3) is 4.90. The van der Waals surface area contributed by atoms with E-state index in [-0.39, 0.29) is 37.3 Å². The van der Waals surface area contributed by atoms with Crippen molar-refractivity contribution in [2.24, 2.45) is 5.92 Å². The number of nitrogens with zero attached hydrogens (tertiary/aromatic N) is 2. The number of carbonyl (C=O) groups is 3. The molecule has 0 radical (unpaired) electrons. The molecule has 2 aromatic carbocycles. The Morgan fingerprint density at radius 3 is 2.37 bits per heavy atom. The molecule has 1 saturated heterocycles. The second kappa shape index (κ2) is 9.87. The van der Waals surface area contributed by atoms with Crippen molar-refractivity contribution in [1.82, 2.24) is 15.2 Å². The summed E-state index contributed by atoms with van der Waals surface area (Å²) in [4.78, 5) is 41.6. The third-order valence-electron chi connectivity index (χ3n) is 6.51. The van der Waals surface area contributed by atoms with E-state index in [9.17, 15) is 14.4 Å². The second-order valence-electron chi connectivity index (χ2n) is 8.81. The first-order valence-electron chi connectivity index (χ1n) is 11.5. The Kier molecular flexibility index (Phi) is 6.50. The van der Waals surface area contributed by atoms with Crippen LogP contribution in [0.25, 0.3) is 11.1 Å². The smallest absolute Gasteiger partial charge is 0.407 e. The van der Waals surface area contributed by atoms with Gasteiger partial charge in [-0.3, -0.25) is 9.59 Å². The zero-order valence-corrected chi connectivity index (χ0v) is 19.8. The third-order valence-corrected chi connectivity index (χ3v) is 7.36. The summed E-state index contributed by atoms with van der Waals surface area (Å²) < 4.78 is 5.54. The molecule has 5 rings (SSSR count). The Morgan fingerprint density at radius 1 is 1.06 bits per heavy atom. The maximum atomic E-state index is 12.6. The number of hydrogen-bond donors (Lipinski definition) is 2. The summed E-state index contributed by atoms with van der Waals surface area (Å²) in [5.74, 6) is -0.764. The SMILES string of the molecule is O=C(O)CCC1CN(C(=O)c2csc(CNC(=O)OCC3c4ccccc4-c4ccccc43)n2)C1. The Balaban J connectivity index is 1.10. The number of rotatable bonds is 8. The molecule has 3 aromatic rings. The zero-order chi connectivity index (χ0) is 24.4. The molecule has 9 heteroatoms. The fourth-order valence-corrected chi connectivity index (χ4v) is 5.40. The minimum atomic E-state index is -0.817. The predicted octanol–water partition coefficient (Wildman–Crippen LogP) is 4.12. The molecule has 1 aliphatic carbocycles. The lowest BCUT2D eigenvalue weighted by Crippen LogP contribution is -2.50. The van der Waals surface area contributed by atoms with E-state index in [0.717, 1.165) is 11.1 Å². The van der Waals surface area contributed by atoms with Crippen molar-refractivity contribution in [2.75, 3.05) is 19.7 Å². The lowest BCUT2D eigenvalue weighted by atomic mass is 9.94. The van der Waals surface area contributed by atoms with Crippen LogP contribution in [-0.4, -0.2) is 52.7 Å². The van der Waals surface area contributed by atoms with Crippen molar-refractivity contribution in [3.05, 3.63) is 75.7 Å². The summed E-state index contributed by atoms with van der Waals surface area (Å²) in [6.45, 7) is 1.52. The van der Waals surface area contributed by atoms with Crippen LogP contribution in [0.4, 0.5) is 4.79 Å². The number of amides is 2. The van der Waals surface area contributed by atoms with Crippen molar-refractivity contribution >= 4 is 29.3 Å². The number of carboxylic acid groups (broad SMARTS) is 1. The quantitative estimate of drug-likeness (QED) is 0.491. The molecule has 2 heterocycles. The van der Waals surface area contributed by atoms with Gasteiger partial charge in [0.1, 0.15) is 17.3 Å². The molecular weight excluding hydrogens is 466 g/mol. The van der Waals surface area contributed by atoms with Gasteiger partial charge >= 0.3 is 12.1 Å². The van der Waals surface area contributed by atoms with Gasteiger partial charge in [0.25, 0.3) is 5.91 Å². The van der Waals surface area contributed by atoms with Gasteiger partial charge in [0.2, 0.25) is 0 Å². The molecule has 35 heavy (non-hydrogen) atoms. The zero-order valence-electron chi connectivity index (χ0n) is 19.0. The van der Waals surface area contributed by atoms with Crippen LogP contribution in [0, 0.1) is 5.92 Å². The molecule has 8 nitrogen and oxygen atoms in total. The van der Waals surface area contributed by atoms with Gasteiger partial charge in [0.05, 0.1) is 6.54 Å². The van der Waals surface area contributed by atoms with Crippen LogP contribution in [0.5, 0.6) is 0 Å². The summed E-state index contributed by atoms with van der Waals surface area (Å²) >= 11 is 1.31. The number of benzene rings is 2. The first-order valence-corrected chi connectivity index (χ1v) is 12.4. The monoisotopic (exact) mass is 491 g/mol. The Hall–Kier alpha value is -3.72. The second-order valence-corrected chi connectivity index (χ2v) is 9.76. The van der Waals surface area contributed by atoms with Crippen LogP contribution < -0.4 is 5.32 Å². The maximum absolute atomic E-state index is 12.6. The minimum absolute atomic E-state index is 0.00640. The highest BCUT2D eigenvalue weighted by Crippen LogP contribution is 2.44. The van der Waals surface area contributed by atoms with Crippen LogP contribution in [-0.2, 0) is 16.1 Å². The summed E-state index contributed by atoms with van der Waals surface area (Å²) in [5, 5.41) is 13.8. The van der Waals surface area contributed by atoms with Gasteiger partial charge in [-0.05, 0) is 34.6 Å². The van der Waals surface area contributed by atoms with E-state index in [1.165, 1.54) is 22.5 Å². The highest BCUT2D eigenvalue weighted by atomic mass is 32.1. The highest BCUT2D eigenvalue weighted by molar-refractivity contribution is 7.09. The van der Waals surface area contributed by atoms with Gasteiger partial charge in [-0.15, -0.1) is 11.3 Å². The lowest BCUT2D eigenvalue weighted by molar-refractivity contribution is -0.137. The van der Waals surface area contributed by atoms with Crippen LogP contribution in [0.15, 0.2) is 53.9 Å². The minimum Gasteiger partial charge on any atom is -0.481 e. The van der Waals surface area contributed by atoms with Crippen molar-refractivity contribution in [3.63, 3.8) is 0 Å². The molecule has 2 aliphatic rings. The van der Waals surface area contributed by atoms with Crippen molar-refractivity contribution in [2.45, 2.75) is 25.3 Å². The molecule has 0 spiro atoms. The number of thiazole rings is 1. The van der Waals surface area contributed by atoms with E-state index in [0.29, 0.717) is 30.2 Å². The number of aromatic nitrogens is 1. The number of aliphatic carboxylic acids is 1. The molecule has 2 N–H and O–H groups in total. The molecule has 0 unspecified atom stereocenters. The van der Waals surface area contributed by atoms with Crippen LogP contribution >= 0.6 is 11.3 Å². The number of ether oxygens (including phenoxy) is 1. The standard InChI is InChI=1S/C26H25N3O5S/c30-24(31)10-9-16-12-29(13-16)25(32)22-15-35-23(28-22)11-27-26(33)34-14-21-19-7-3-1-5-17(19)18-6-2-4-8-20(18)21/h1-8,15-16,21H,9-14H2,(H,27,33)(H,30,31). The normalized spacial score (nSPS) is 14.7.